The topological polar surface area (TPSA) is 110 Å². The number of carboxylic acids is 1. The normalized spacial score (nSPS) is 11.5. The minimum Gasteiger partial charge on any atom is -0.480 e. The lowest BCUT2D eigenvalue weighted by Gasteiger charge is -2.13. The van der Waals surface area contributed by atoms with Crippen molar-refractivity contribution in [2.24, 2.45) is 0 Å². The van der Waals surface area contributed by atoms with Gasteiger partial charge in [0.15, 0.2) is 0 Å². The number of allylic oxidation sites excluding steroid dienone is 1. The second-order valence-electron chi connectivity index (χ2n) is 4.54. The van der Waals surface area contributed by atoms with E-state index in [1.165, 1.54) is 12.1 Å². The number of rotatable bonds is 7. The van der Waals surface area contributed by atoms with Crippen LogP contribution in [-0.4, -0.2) is 27.9 Å². The van der Waals surface area contributed by atoms with Gasteiger partial charge >= 0.3 is 5.97 Å². The number of aliphatic carboxylic acids is 1. The molecule has 0 aromatic heterocycles. The fourth-order valence-corrected chi connectivity index (χ4v) is 1.78. The zero-order chi connectivity index (χ0) is 16.0. The van der Waals surface area contributed by atoms with E-state index in [1.807, 2.05) is 0 Å². The molecular weight excluding hydrogens is 276 g/mol. The van der Waals surface area contributed by atoms with Crippen molar-refractivity contribution >= 4 is 17.6 Å². The van der Waals surface area contributed by atoms with Gasteiger partial charge in [-0.1, -0.05) is 6.08 Å². The Kier molecular flexibility index (Phi) is 5.59. The number of benzene rings is 1. The number of nitrogens with zero attached hydrogens (tertiary/aromatic N) is 1. The molecule has 0 aliphatic rings. The quantitative estimate of drug-likeness (QED) is 0.454. The molecule has 1 atom stereocenters. The third-order valence-corrected chi connectivity index (χ3v) is 2.80. The number of nitro groups is 1. The van der Waals surface area contributed by atoms with Crippen molar-refractivity contribution in [1.82, 2.24) is 5.32 Å². The largest absolute Gasteiger partial charge is 0.480 e. The van der Waals surface area contributed by atoms with Crippen LogP contribution < -0.4 is 5.32 Å². The van der Waals surface area contributed by atoms with E-state index in [-0.39, 0.29) is 17.7 Å². The molecular formula is C14H16N2O5. The van der Waals surface area contributed by atoms with E-state index >= 15 is 0 Å². The average molecular weight is 292 g/mol. The maximum absolute atomic E-state index is 12.0. The van der Waals surface area contributed by atoms with E-state index in [2.05, 4.69) is 11.9 Å². The molecule has 0 aliphatic heterocycles. The van der Waals surface area contributed by atoms with Crippen molar-refractivity contribution in [3.05, 3.63) is 52.1 Å². The minimum absolute atomic E-state index is 0.0616. The predicted octanol–water partition coefficient (Wildman–Crippen LogP) is 2.05. The van der Waals surface area contributed by atoms with Gasteiger partial charge in [-0.05, 0) is 31.4 Å². The molecule has 0 heterocycles. The SMILES string of the molecule is C=CCCC(NC(=O)c1cc(C)cc([N+](=O)[O-])c1)C(=O)O. The number of hydrogen-bond donors (Lipinski definition) is 2. The van der Waals surface area contributed by atoms with Crippen molar-refractivity contribution < 1.29 is 19.6 Å². The van der Waals surface area contributed by atoms with Gasteiger partial charge in [-0.25, -0.2) is 4.79 Å². The Balaban J connectivity index is 2.94. The number of aryl methyl sites for hydroxylation is 1. The van der Waals surface area contributed by atoms with Crippen LogP contribution in [0.15, 0.2) is 30.9 Å². The monoisotopic (exact) mass is 292 g/mol. The number of hydrogen-bond acceptors (Lipinski definition) is 4. The van der Waals surface area contributed by atoms with Crippen LogP contribution in [0.1, 0.15) is 28.8 Å². The van der Waals surface area contributed by atoms with Gasteiger partial charge in [-0.2, -0.15) is 0 Å². The molecule has 0 fully saturated rings. The van der Waals surface area contributed by atoms with Crippen LogP contribution in [0.3, 0.4) is 0 Å². The van der Waals surface area contributed by atoms with Crippen LogP contribution in [0.2, 0.25) is 0 Å². The summed E-state index contributed by atoms with van der Waals surface area (Å²) in [5.41, 5.74) is 0.400. The van der Waals surface area contributed by atoms with Crippen molar-refractivity contribution in [2.45, 2.75) is 25.8 Å². The van der Waals surface area contributed by atoms with Crippen LogP contribution in [0.4, 0.5) is 5.69 Å². The Labute approximate surface area is 121 Å². The zero-order valence-corrected chi connectivity index (χ0v) is 11.5. The Morgan fingerprint density at radius 1 is 1.48 bits per heavy atom. The van der Waals surface area contributed by atoms with Crippen molar-refractivity contribution in [1.29, 1.82) is 0 Å². The smallest absolute Gasteiger partial charge is 0.326 e. The minimum atomic E-state index is -1.16. The summed E-state index contributed by atoms with van der Waals surface area (Å²) >= 11 is 0. The van der Waals surface area contributed by atoms with Crippen LogP contribution in [0, 0.1) is 17.0 Å². The van der Waals surface area contributed by atoms with Gasteiger partial charge in [0.2, 0.25) is 0 Å². The predicted molar refractivity (Wildman–Crippen MR) is 76.2 cm³/mol. The maximum atomic E-state index is 12.0. The van der Waals surface area contributed by atoms with Crippen LogP contribution in [-0.2, 0) is 4.79 Å². The van der Waals surface area contributed by atoms with E-state index in [1.54, 1.807) is 13.0 Å². The Hall–Kier alpha value is -2.70. The van der Waals surface area contributed by atoms with Crippen LogP contribution in [0.5, 0.6) is 0 Å². The number of nitro benzene ring substituents is 1. The standard InChI is InChI=1S/C14H16N2O5/c1-3-4-5-12(14(18)19)15-13(17)10-6-9(2)7-11(8-10)16(20)21/h3,6-8,12H,1,4-5H2,2H3,(H,15,17)(H,18,19). The third kappa shape index (κ3) is 4.72. The molecule has 0 bridgehead atoms. The highest BCUT2D eigenvalue weighted by Gasteiger charge is 2.21. The number of carbonyl (C=O) groups is 2. The summed E-state index contributed by atoms with van der Waals surface area (Å²) in [6.07, 6.45) is 2.20. The highest BCUT2D eigenvalue weighted by atomic mass is 16.6. The molecule has 1 aromatic carbocycles. The molecule has 1 aromatic rings. The van der Waals surface area contributed by atoms with E-state index < -0.39 is 22.8 Å². The van der Waals surface area contributed by atoms with E-state index in [0.717, 1.165) is 6.07 Å². The molecule has 0 radical (unpaired) electrons. The number of carboxylic acid groups (broad SMARTS) is 1. The first-order chi connectivity index (χ1) is 9.85. The lowest BCUT2D eigenvalue weighted by Crippen LogP contribution is -2.40. The maximum Gasteiger partial charge on any atom is 0.326 e. The first-order valence-corrected chi connectivity index (χ1v) is 6.25. The third-order valence-electron chi connectivity index (χ3n) is 2.80. The molecule has 1 amide bonds. The molecule has 0 saturated carbocycles. The second-order valence-corrected chi connectivity index (χ2v) is 4.54. The first kappa shape index (κ1) is 16.4. The summed E-state index contributed by atoms with van der Waals surface area (Å²) in [5, 5.41) is 22.2. The molecule has 0 saturated heterocycles. The summed E-state index contributed by atoms with van der Waals surface area (Å²) in [5.74, 6) is -1.81. The first-order valence-electron chi connectivity index (χ1n) is 6.25. The second kappa shape index (κ2) is 7.18. The molecule has 0 spiro atoms. The summed E-state index contributed by atoms with van der Waals surface area (Å²) in [6, 6.07) is 2.86. The van der Waals surface area contributed by atoms with Crippen molar-refractivity contribution in [2.75, 3.05) is 0 Å². The number of carbonyl (C=O) groups excluding carboxylic acids is 1. The van der Waals surface area contributed by atoms with Gasteiger partial charge in [0.1, 0.15) is 6.04 Å². The van der Waals surface area contributed by atoms with Gasteiger partial charge in [-0.3, -0.25) is 14.9 Å². The fraction of sp³-hybridized carbons (Fsp3) is 0.286. The Morgan fingerprint density at radius 3 is 2.67 bits per heavy atom. The van der Waals surface area contributed by atoms with E-state index in [0.29, 0.717) is 12.0 Å². The number of amides is 1. The Morgan fingerprint density at radius 2 is 2.14 bits per heavy atom. The van der Waals surface area contributed by atoms with Crippen molar-refractivity contribution in [3.8, 4) is 0 Å². The highest BCUT2D eigenvalue weighted by molar-refractivity contribution is 5.97. The molecule has 0 aliphatic carbocycles. The molecule has 112 valence electrons. The van der Waals surface area contributed by atoms with Gasteiger partial charge in [-0.15, -0.1) is 6.58 Å². The summed E-state index contributed by atoms with van der Waals surface area (Å²) in [6.45, 7) is 5.11. The fourth-order valence-electron chi connectivity index (χ4n) is 1.78. The lowest BCUT2D eigenvalue weighted by atomic mass is 10.1. The van der Waals surface area contributed by atoms with Crippen molar-refractivity contribution in [3.63, 3.8) is 0 Å². The summed E-state index contributed by atoms with van der Waals surface area (Å²) in [7, 11) is 0. The molecule has 1 rings (SSSR count). The Bertz CT molecular complexity index is 583. The zero-order valence-electron chi connectivity index (χ0n) is 11.5. The average Bonchev–Trinajstić information content (AvgIpc) is 2.42. The molecule has 2 N–H and O–H groups in total. The molecule has 7 heteroatoms. The van der Waals surface area contributed by atoms with Crippen LogP contribution >= 0.6 is 0 Å². The van der Waals surface area contributed by atoms with Gasteiger partial charge in [0, 0.05) is 17.7 Å². The van der Waals surface area contributed by atoms with Crippen LogP contribution in [0.25, 0.3) is 0 Å². The summed E-state index contributed by atoms with van der Waals surface area (Å²) < 4.78 is 0. The van der Waals surface area contributed by atoms with E-state index in [4.69, 9.17) is 5.11 Å². The van der Waals surface area contributed by atoms with Gasteiger partial charge < -0.3 is 10.4 Å². The molecule has 7 nitrogen and oxygen atoms in total. The van der Waals surface area contributed by atoms with E-state index in [9.17, 15) is 19.7 Å². The molecule has 21 heavy (non-hydrogen) atoms. The van der Waals surface area contributed by atoms with Gasteiger partial charge in [0.05, 0.1) is 4.92 Å². The highest BCUT2D eigenvalue weighted by Crippen LogP contribution is 2.17. The molecule has 1 unspecified atom stereocenters. The number of nitrogens with one attached hydrogen (secondary N) is 1. The van der Waals surface area contributed by atoms with Gasteiger partial charge in [0.25, 0.3) is 11.6 Å². The number of non-ortho nitro benzene ring substituents is 1. The lowest BCUT2D eigenvalue weighted by molar-refractivity contribution is -0.384. The summed E-state index contributed by atoms with van der Waals surface area (Å²) in [4.78, 5) is 33.3.